The minimum atomic E-state index is -0.500. The second-order valence-electron chi connectivity index (χ2n) is 14.1. The lowest BCUT2D eigenvalue weighted by molar-refractivity contribution is -0.143. The van der Waals surface area contributed by atoms with E-state index < -0.39 is 5.54 Å². The van der Waals surface area contributed by atoms with E-state index in [0.717, 1.165) is 57.1 Å². The molecule has 3 atom stereocenters. The molecule has 1 N–H and O–H groups in total. The first-order valence-corrected chi connectivity index (χ1v) is 15.7. The zero-order valence-corrected chi connectivity index (χ0v) is 24.3. The van der Waals surface area contributed by atoms with Crippen molar-refractivity contribution in [1.82, 2.24) is 20.2 Å². The number of hydrogen-bond donors (Lipinski definition) is 1. The Morgan fingerprint density at radius 1 is 1.02 bits per heavy atom. The van der Waals surface area contributed by atoms with Gasteiger partial charge in [0.1, 0.15) is 11.4 Å². The van der Waals surface area contributed by atoms with Crippen molar-refractivity contribution < 1.29 is 9.59 Å². The van der Waals surface area contributed by atoms with Gasteiger partial charge in [-0.3, -0.25) is 19.5 Å². The van der Waals surface area contributed by atoms with Crippen molar-refractivity contribution in [3.05, 3.63) is 65.9 Å². The first kappa shape index (κ1) is 25.5. The Kier molecular flexibility index (Phi) is 5.70. The van der Waals surface area contributed by atoms with Crippen molar-refractivity contribution in [2.24, 2.45) is 34.1 Å². The van der Waals surface area contributed by atoms with Crippen LogP contribution in [0.5, 0.6) is 0 Å². The van der Waals surface area contributed by atoms with Gasteiger partial charge in [0.05, 0.1) is 6.04 Å². The molecule has 41 heavy (non-hydrogen) atoms. The molecule has 8 rings (SSSR count). The van der Waals surface area contributed by atoms with Gasteiger partial charge in [-0.05, 0) is 73.1 Å². The van der Waals surface area contributed by atoms with Crippen LogP contribution in [0.25, 0.3) is 5.57 Å². The highest BCUT2D eigenvalue weighted by Gasteiger charge is 2.59. The van der Waals surface area contributed by atoms with E-state index in [4.69, 9.17) is 4.99 Å². The maximum Gasteiger partial charge on any atom is 0.255 e. The number of allylic oxidation sites excluding steroid dienone is 3. The Labute approximate surface area is 243 Å². The fourth-order valence-electron chi connectivity index (χ4n) is 7.00. The summed E-state index contributed by atoms with van der Waals surface area (Å²) in [6.07, 6.45) is 17.7. The number of benzene rings is 1. The zero-order chi connectivity index (χ0) is 27.9. The summed E-state index contributed by atoms with van der Waals surface area (Å²) in [6, 6.07) is 9.16. The Morgan fingerprint density at radius 3 is 2.44 bits per heavy atom. The molecule has 2 amide bonds. The van der Waals surface area contributed by atoms with Gasteiger partial charge in [0, 0.05) is 49.6 Å². The van der Waals surface area contributed by atoms with Crippen molar-refractivity contribution in [3.63, 3.8) is 0 Å². The Balaban J connectivity index is 0.924. The number of hydrogen-bond acceptors (Lipinski definition) is 5. The van der Waals surface area contributed by atoms with Crippen molar-refractivity contribution in [2.45, 2.75) is 64.0 Å². The monoisotopic (exact) mass is 551 g/mol. The van der Waals surface area contributed by atoms with E-state index in [9.17, 15) is 9.59 Å². The molecule has 0 aromatic heterocycles. The molecule has 1 spiro atoms. The van der Waals surface area contributed by atoms with E-state index in [1.54, 1.807) is 0 Å². The van der Waals surface area contributed by atoms with Crippen LogP contribution in [0.3, 0.4) is 0 Å². The summed E-state index contributed by atoms with van der Waals surface area (Å²) in [5.41, 5.74) is 6.72. The quantitative estimate of drug-likeness (QED) is 0.508. The van der Waals surface area contributed by atoms with Gasteiger partial charge in [0.25, 0.3) is 5.91 Å². The van der Waals surface area contributed by atoms with Crippen LogP contribution in [0.1, 0.15) is 69.5 Å². The van der Waals surface area contributed by atoms with Crippen molar-refractivity contribution in [3.8, 4) is 0 Å². The molecular formula is C34H41N5O2. The van der Waals surface area contributed by atoms with E-state index in [0.29, 0.717) is 18.4 Å². The summed E-state index contributed by atoms with van der Waals surface area (Å²) < 4.78 is 0. The maximum absolute atomic E-state index is 13.5. The topological polar surface area (TPSA) is 68.2 Å². The molecule has 1 aromatic rings. The number of aliphatic imine (C=N–C) groups is 1. The van der Waals surface area contributed by atoms with E-state index in [1.807, 2.05) is 9.80 Å². The average molecular weight is 552 g/mol. The van der Waals surface area contributed by atoms with Crippen molar-refractivity contribution in [1.29, 1.82) is 0 Å². The van der Waals surface area contributed by atoms with Gasteiger partial charge in [-0.1, -0.05) is 56.3 Å². The summed E-state index contributed by atoms with van der Waals surface area (Å²) >= 11 is 0. The van der Waals surface area contributed by atoms with Gasteiger partial charge in [0.15, 0.2) is 0 Å². The Hall–Kier alpha value is -3.19. The number of carbonyl (C=O) groups is 2. The number of nitrogens with one attached hydrogen (secondary N) is 1. The molecule has 214 valence electrons. The molecule has 3 heterocycles. The van der Waals surface area contributed by atoms with Gasteiger partial charge in [-0.15, -0.1) is 0 Å². The maximum atomic E-state index is 13.5. The molecule has 7 heteroatoms. The molecule has 1 saturated heterocycles. The van der Waals surface area contributed by atoms with E-state index in [-0.39, 0.29) is 29.2 Å². The van der Waals surface area contributed by atoms with Crippen LogP contribution in [0.4, 0.5) is 0 Å². The molecule has 7 aliphatic rings. The second-order valence-corrected chi connectivity index (χ2v) is 14.1. The van der Waals surface area contributed by atoms with Crippen LogP contribution in [-0.4, -0.2) is 64.2 Å². The Morgan fingerprint density at radius 2 is 1.78 bits per heavy atom. The third-order valence-electron chi connectivity index (χ3n) is 10.5. The molecule has 4 aliphatic carbocycles. The average Bonchev–Trinajstić information content (AvgIpc) is 3.89. The fraction of sp³-hybridized carbons (Fsp3) is 0.559. The third-order valence-corrected chi connectivity index (χ3v) is 10.5. The summed E-state index contributed by atoms with van der Waals surface area (Å²) in [4.78, 5) is 35.3. The van der Waals surface area contributed by atoms with Crippen LogP contribution < -0.4 is 5.43 Å². The second kappa shape index (κ2) is 9.15. The minimum absolute atomic E-state index is 0.0930. The predicted octanol–water partition coefficient (Wildman–Crippen LogP) is 4.71. The van der Waals surface area contributed by atoms with Crippen LogP contribution in [0, 0.1) is 29.1 Å². The van der Waals surface area contributed by atoms with Gasteiger partial charge in [0.2, 0.25) is 5.91 Å². The van der Waals surface area contributed by atoms with Crippen LogP contribution in [0.2, 0.25) is 0 Å². The summed E-state index contributed by atoms with van der Waals surface area (Å²) in [5, 5.41) is 2.24. The summed E-state index contributed by atoms with van der Waals surface area (Å²) in [7, 11) is 0. The van der Waals surface area contributed by atoms with Gasteiger partial charge >= 0.3 is 0 Å². The molecule has 0 bridgehead atoms. The van der Waals surface area contributed by atoms with Gasteiger partial charge in [-0.25, -0.2) is 5.43 Å². The molecular weight excluding hydrogens is 510 g/mol. The number of amides is 2. The number of likely N-dealkylation sites (tertiary alicyclic amines) is 1. The fourth-order valence-corrected chi connectivity index (χ4v) is 7.00. The molecule has 0 radical (unpaired) electrons. The molecule has 3 unspecified atom stereocenters. The number of rotatable bonds is 8. The third kappa shape index (κ3) is 4.57. The van der Waals surface area contributed by atoms with Crippen LogP contribution in [-0.2, 0) is 9.59 Å². The highest BCUT2D eigenvalue weighted by molar-refractivity contribution is 6.11. The largest absolute Gasteiger partial charge is 0.341 e. The van der Waals surface area contributed by atoms with E-state index >= 15 is 0 Å². The summed E-state index contributed by atoms with van der Waals surface area (Å²) in [6.45, 7) is 7.63. The normalized spacial score (nSPS) is 31.0. The highest BCUT2D eigenvalue weighted by atomic mass is 16.2. The first-order valence-electron chi connectivity index (χ1n) is 15.7. The zero-order valence-electron chi connectivity index (χ0n) is 24.3. The van der Waals surface area contributed by atoms with E-state index in [2.05, 4.69) is 79.1 Å². The van der Waals surface area contributed by atoms with Crippen LogP contribution in [0.15, 0.2) is 59.8 Å². The van der Waals surface area contributed by atoms with Crippen molar-refractivity contribution >= 4 is 23.2 Å². The van der Waals surface area contributed by atoms with E-state index in [1.165, 1.54) is 29.5 Å². The molecule has 7 nitrogen and oxygen atoms in total. The molecule has 3 saturated carbocycles. The first-order chi connectivity index (χ1) is 19.8. The Bertz CT molecular complexity index is 1390. The number of amidine groups is 1. The highest BCUT2D eigenvalue weighted by Crippen LogP contribution is 2.49. The number of carbonyl (C=O) groups excluding carboxylic acids is 2. The lowest BCUT2D eigenvalue weighted by Crippen LogP contribution is -2.57. The smallest absolute Gasteiger partial charge is 0.255 e. The minimum Gasteiger partial charge on any atom is -0.341 e. The molecule has 4 fully saturated rings. The lowest BCUT2D eigenvalue weighted by atomic mass is 9.83. The molecule has 3 aliphatic heterocycles. The number of hydrazine groups is 1. The van der Waals surface area contributed by atoms with Crippen molar-refractivity contribution in [2.75, 3.05) is 26.2 Å². The SMILES string of the molecule is CC1C=C(c2ccc(C3C=CN(CC4CC4)N3)cc2)C=CC1C1=NC2(CC2)C(=O)N1CC1CN(C(=O)C2(C)CC2)C1. The van der Waals surface area contributed by atoms with Gasteiger partial charge in [-0.2, -0.15) is 0 Å². The standard InChI is InChI=1S/C34H41N5O2/c1-22-17-27(25-5-7-26(8-6-25)29-11-16-38(36-29)20-23-3-4-23)9-10-28(22)30-35-34(14-15-34)32(41)39(30)21-24-18-37(19-24)31(40)33(2)12-13-33/h5-11,16-17,22-24,28-29,36H,3-4,12-15,18-21H2,1-2H3. The van der Waals surface area contributed by atoms with Crippen LogP contribution >= 0.6 is 0 Å². The summed E-state index contributed by atoms with van der Waals surface area (Å²) in [5.74, 6) is 2.95. The lowest BCUT2D eigenvalue weighted by Gasteiger charge is -2.43. The van der Waals surface area contributed by atoms with Gasteiger partial charge < -0.3 is 9.91 Å². The number of nitrogens with zero attached hydrogens (tertiary/aromatic N) is 4. The molecule has 1 aromatic carbocycles. The predicted molar refractivity (Wildman–Crippen MR) is 159 cm³/mol.